The van der Waals surface area contributed by atoms with Gasteiger partial charge in [0.25, 0.3) is 0 Å². The standard InChI is InChI=1S/C10H13BrO2/c1-7-2-3-8(6-9(7)11)10(13)4-5-12/h2-3,6,10,12-13H,4-5H2,1H3. The van der Waals surface area contributed by atoms with Crippen LogP contribution < -0.4 is 0 Å². The van der Waals surface area contributed by atoms with Crippen LogP contribution in [0, 0.1) is 6.92 Å². The Kier molecular flexibility index (Phi) is 3.90. The predicted molar refractivity (Wildman–Crippen MR) is 55.5 cm³/mol. The Labute approximate surface area is 86.3 Å². The predicted octanol–water partition coefficient (Wildman–Crippen LogP) is 2.17. The maximum atomic E-state index is 9.56. The minimum absolute atomic E-state index is 0.00661. The minimum atomic E-state index is -0.568. The smallest absolute Gasteiger partial charge is 0.0812 e. The number of hydrogen-bond donors (Lipinski definition) is 2. The van der Waals surface area contributed by atoms with Gasteiger partial charge in [-0.25, -0.2) is 0 Å². The van der Waals surface area contributed by atoms with Crippen LogP contribution in [-0.4, -0.2) is 16.8 Å². The molecule has 2 nitrogen and oxygen atoms in total. The van der Waals surface area contributed by atoms with Gasteiger partial charge in [-0.05, 0) is 24.1 Å². The fraction of sp³-hybridized carbons (Fsp3) is 0.400. The highest BCUT2D eigenvalue weighted by Crippen LogP contribution is 2.23. The molecule has 1 aromatic rings. The van der Waals surface area contributed by atoms with Crippen molar-refractivity contribution < 1.29 is 10.2 Å². The number of rotatable bonds is 3. The number of aliphatic hydroxyl groups is 2. The Morgan fingerprint density at radius 3 is 2.69 bits per heavy atom. The zero-order valence-electron chi connectivity index (χ0n) is 7.50. The molecule has 2 N–H and O–H groups in total. The lowest BCUT2D eigenvalue weighted by atomic mass is 10.1. The first-order chi connectivity index (χ1) is 6.15. The number of benzene rings is 1. The molecular formula is C10H13BrO2. The third kappa shape index (κ3) is 2.79. The second kappa shape index (κ2) is 4.74. The monoisotopic (exact) mass is 244 g/mol. The van der Waals surface area contributed by atoms with E-state index in [2.05, 4.69) is 15.9 Å². The zero-order chi connectivity index (χ0) is 9.84. The highest BCUT2D eigenvalue weighted by molar-refractivity contribution is 9.10. The Balaban J connectivity index is 2.84. The highest BCUT2D eigenvalue weighted by atomic mass is 79.9. The first-order valence-electron chi connectivity index (χ1n) is 4.20. The van der Waals surface area contributed by atoms with Crippen LogP contribution in [0.15, 0.2) is 22.7 Å². The summed E-state index contributed by atoms with van der Waals surface area (Å²) in [5, 5.41) is 18.2. The lowest BCUT2D eigenvalue weighted by Gasteiger charge is -2.10. The molecule has 0 bridgehead atoms. The molecule has 1 unspecified atom stereocenters. The molecule has 0 aliphatic heterocycles. The van der Waals surface area contributed by atoms with Crippen LogP contribution in [0.4, 0.5) is 0 Å². The Bertz CT molecular complexity index is 286. The molecular weight excluding hydrogens is 232 g/mol. The molecule has 0 spiro atoms. The zero-order valence-corrected chi connectivity index (χ0v) is 9.08. The van der Waals surface area contributed by atoms with Crippen LogP contribution in [0.2, 0.25) is 0 Å². The second-order valence-corrected chi connectivity index (χ2v) is 3.89. The van der Waals surface area contributed by atoms with Crippen molar-refractivity contribution in [1.29, 1.82) is 0 Å². The van der Waals surface area contributed by atoms with E-state index in [4.69, 9.17) is 5.11 Å². The lowest BCUT2D eigenvalue weighted by molar-refractivity contribution is 0.134. The number of aliphatic hydroxyl groups excluding tert-OH is 2. The summed E-state index contributed by atoms with van der Waals surface area (Å²) in [6.07, 6.45) is -0.183. The molecule has 0 fully saturated rings. The SMILES string of the molecule is Cc1ccc(C(O)CCO)cc1Br. The van der Waals surface area contributed by atoms with Crippen molar-refractivity contribution >= 4 is 15.9 Å². The normalized spacial score (nSPS) is 12.9. The molecule has 1 atom stereocenters. The topological polar surface area (TPSA) is 40.5 Å². The van der Waals surface area contributed by atoms with Crippen LogP contribution in [-0.2, 0) is 0 Å². The van der Waals surface area contributed by atoms with E-state index in [0.717, 1.165) is 15.6 Å². The first-order valence-corrected chi connectivity index (χ1v) is 4.99. The van der Waals surface area contributed by atoms with Gasteiger partial charge in [0, 0.05) is 17.5 Å². The minimum Gasteiger partial charge on any atom is -0.396 e. The van der Waals surface area contributed by atoms with Gasteiger partial charge in [-0.2, -0.15) is 0 Å². The van der Waals surface area contributed by atoms with Crippen molar-refractivity contribution in [2.75, 3.05) is 6.61 Å². The maximum absolute atomic E-state index is 9.56. The summed E-state index contributed by atoms with van der Waals surface area (Å²) >= 11 is 3.39. The third-order valence-electron chi connectivity index (χ3n) is 1.98. The Hall–Kier alpha value is -0.380. The van der Waals surface area contributed by atoms with Crippen LogP contribution in [0.25, 0.3) is 0 Å². The van der Waals surface area contributed by atoms with E-state index in [1.54, 1.807) is 0 Å². The van der Waals surface area contributed by atoms with Gasteiger partial charge in [-0.15, -0.1) is 0 Å². The Morgan fingerprint density at radius 1 is 1.46 bits per heavy atom. The van der Waals surface area contributed by atoms with Crippen LogP contribution in [0.1, 0.15) is 23.7 Å². The largest absolute Gasteiger partial charge is 0.396 e. The number of hydrogen-bond acceptors (Lipinski definition) is 2. The summed E-state index contributed by atoms with van der Waals surface area (Å²) in [5.41, 5.74) is 1.98. The fourth-order valence-electron chi connectivity index (χ4n) is 1.11. The molecule has 72 valence electrons. The maximum Gasteiger partial charge on any atom is 0.0812 e. The molecule has 0 amide bonds. The van der Waals surface area contributed by atoms with E-state index in [0.29, 0.717) is 6.42 Å². The van der Waals surface area contributed by atoms with Crippen molar-refractivity contribution in [2.24, 2.45) is 0 Å². The Morgan fingerprint density at radius 2 is 2.15 bits per heavy atom. The number of halogens is 1. The van der Waals surface area contributed by atoms with E-state index in [9.17, 15) is 5.11 Å². The van der Waals surface area contributed by atoms with Crippen molar-refractivity contribution in [3.05, 3.63) is 33.8 Å². The molecule has 3 heteroatoms. The first kappa shape index (κ1) is 10.7. The highest BCUT2D eigenvalue weighted by Gasteiger charge is 2.07. The summed E-state index contributed by atoms with van der Waals surface area (Å²) in [4.78, 5) is 0. The summed E-state index contributed by atoms with van der Waals surface area (Å²) in [7, 11) is 0. The van der Waals surface area contributed by atoms with Crippen LogP contribution in [0.3, 0.4) is 0 Å². The molecule has 0 heterocycles. The van der Waals surface area contributed by atoms with Crippen molar-refractivity contribution in [2.45, 2.75) is 19.4 Å². The van der Waals surface area contributed by atoms with E-state index in [-0.39, 0.29) is 6.61 Å². The molecule has 13 heavy (non-hydrogen) atoms. The van der Waals surface area contributed by atoms with Gasteiger partial charge in [0.1, 0.15) is 0 Å². The summed E-state index contributed by atoms with van der Waals surface area (Å²) < 4.78 is 0.988. The van der Waals surface area contributed by atoms with Crippen LogP contribution >= 0.6 is 15.9 Å². The summed E-state index contributed by atoms with van der Waals surface area (Å²) in [6.45, 7) is 2.00. The quantitative estimate of drug-likeness (QED) is 0.856. The summed E-state index contributed by atoms with van der Waals surface area (Å²) in [5.74, 6) is 0. The molecule has 1 rings (SSSR count). The van der Waals surface area contributed by atoms with Gasteiger partial charge in [0.15, 0.2) is 0 Å². The van der Waals surface area contributed by atoms with E-state index in [1.807, 2.05) is 25.1 Å². The summed E-state index contributed by atoms with van der Waals surface area (Å²) in [6, 6.07) is 5.70. The van der Waals surface area contributed by atoms with Gasteiger partial charge >= 0.3 is 0 Å². The van der Waals surface area contributed by atoms with Gasteiger partial charge < -0.3 is 10.2 Å². The molecule has 0 aliphatic rings. The van der Waals surface area contributed by atoms with E-state index >= 15 is 0 Å². The lowest BCUT2D eigenvalue weighted by Crippen LogP contribution is -2.00. The molecule has 0 aromatic heterocycles. The van der Waals surface area contributed by atoms with Gasteiger partial charge in [-0.1, -0.05) is 28.1 Å². The third-order valence-corrected chi connectivity index (χ3v) is 2.84. The van der Waals surface area contributed by atoms with E-state index < -0.39 is 6.10 Å². The van der Waals surface area contributed by atoms with Gasteiger partial charge in [-0.3, -0.25) is 0 Å². The van der Waals surface area contributed by atoms with Crippen molar-refractivity contribution in [1.82, 2.24) is 0 Å². The fourth-order valence-corrected chi connectivity index (χ4v) is 1.50. The van der Waals surface area contributed by atoms with Crippen molar-refractivity contribution in [3.63, 3.8) is 0 Å². The molecule has 0 aliphatic carbocycles. The molecule has 1 aromatic carbocycles. The second-order valence-electron chi connectivity index (χ2n) is 3.04. The molecule has 0 saturated heterocycles. The molecule has 0 radical (unpaired) electrons. The van der Waals surface area contributed by atoms with E-state index in [1.165, 1.54) is 0 Å². The number of aryl methyl sites for hydroxylation is 1. The van der Waals surface area contributed by atoms with Crippen molar-refractivity contribution in [3.8, 4) is 0 Å². The molecule has 0 saturated carbocycles. The average Bonchev–Trinajstić information content (AvgIpc) is 2.10. The average molecular weight is 245 g/mol. The van der Waals surface area contributed by atoms with Gasteiger partial charge in [0.2, 0.25) is 0 Å². The van der Waals surface area contributed by atoms with Gasteiger partial charge in [0.05, 0.1) is 6.10 Å². The van der Waals surface area contributed by atoms with Crippen LogP contribution in [0.5, 0.6) is 0 Å².